The summed E-state index contributed by atoms with van der Waals surface area (Å²) in [7, 11) is 4.20. The SMILES string of the molecule is CN(C)C(C)(C)Cn1c(C2CC2)n[nH]c1=S. The molecule has 0 unspecified atom stereocenters. The van der Waals surface area contributed by atoms with Crippen molar-refractivity contribution in [1.82, 2.24) is 19.7 Å². The van der Waals surface area contributed by atoms with Gasteiger partial charge in [0.2, 0.25) is 0 Å². The molecule has 90 valence electrons. The summed E-state index contributed by atoms with van der Waals surface area (Å²) in [6.45, 7) is 5.33. The number of hydrogen-bond donors (Lipinski definition) is 1. The quantitative estimate of drug-likeness (QED) is 0.819. The van der Waals surface area contributed by atoms with E-state index in [1.54, 1.807) is 0 Å². The average Bonchev–Trinajstić information content (AvgIpc) is 2.95. The van der Waals surface area contributed by atoms with Crippen LogP contribution in [0.3, 0.4) is 0 Å². The van der Waals surface area contributed by atoms with Gasteiger partial charge in [-0.3, -0.25) is 5.10 Å². The van der Waals surface area contributed by atoms with Gasteiger partial charge in [-0.15, -0.1) is 0 Å². The minimum absolute atomic E-state index is 0.0890. The van der Waals surface area contributed by atoms with E-state index in [1.165, 1.54) is 12.8 Å². The Kier molecular flexibility index (Phi) is 2.92. The maximum Gasteiger partial charge on any atom is 0.195 e. The molecular formula is C11H20N4S. The van der Waals surface area contributed by atoms with Gasteiger partial charge >= 0.3 is 0 Å². The van der Waals surface area contributed by atoms with E-state index < -0.39 is 0 Å². The second-order valence-electron chi connectivity index (χ2n) is 5.45. The molecule has 0 spiro atoms. The van der Waals surface area contributed by atoms with Crippen LogP contribution in [0.1, 0.15) is 38.4 Å². The topological polar surface area (TPSA) is 36.9 Å². The van der Waals surface area contributed by atoms with Gasteiger partial charge in [0.15, 0.2) is 4.77 Å². The fourth-order valence-electron chi connectivity index (χ4n) is 1.66. The van der Waals surface area contributed by atoms with Gasteiger partial charge in [0, 0.05) is 18.0 Å². The normalized spacial score (nSPS) is 17.1. The molecule has 0 atom stereocenters. The smallest absolute Gasteiger partial charge is 0.195 e. The van der Waals surface area contributed by atoms with E-state index in [4.69, 9.17) is 12.2 Å². The lowest BCUT2D eigenvalue weighted by Gasteiger charge is -2.33. The van der Waals surface area contributed by atoms with Crippen molar-refractivity contribution in [2.45, 2.75) is 44.7 Å². The Bertz CT molecular complexity index is 425. The zero-order valence-corrected chi connectivity index (χ0v) is 11.3. The van der Waals surface area contributed by atoms with Gasteiger partial charge in [-0.1, -0.05) is 0 Å². The van der Waals surface area contributed by atoms with E-state index >= 15 is 0 Å². The van der Waals surface area contributed by atoms with Crippen LogP contribution >= 0.6 is 12.2 Å². The Hall–Kier alpha value is -0.680. The summed E-state index contributed by atoms with van der Waals surface area (Å²) in [6, 6.07) is 0. The Balaban J connectivity index is 2.26. The molecule has 0 aromatic carbocycles. The van der Waals surface area contributed by atoms with E-state index in [1.807, 2.05) is 0 Å². The summed E-state index contributed by atoms with van der Waals surface area (Å²) in [5.41, 5.74) is 0.0890. The number of likely N-dealkylation sites (N-methyl/N-ethyl adjacent to an activating group) is 1. The molecule has 16 heavy (non-hydrogen) atoms. The Morgan fingerprint density at radius 2 is 2.12 bits per heavy atom. The Labute approximate surface area is 102 Å². The molecule has 1 aliphatic carbocycles. The fraction of sp³-hybridized carbons (Fsp3) is 0.818. The first-order chi connectivity index (χ1) is 7.42. The van der Waals surface area contributed by atoms with Gasteiger partial charge in [0.25, 0.3) is 0 Å². The summed E-state index contributed by atoms with van der Waals surface area (Å²) < 4.78 is 2.91. The maximum atomic E-state index is 5.30. The van der Waals surface area contributed by atoms with Crippen LogP contribution in [0.4, 0.5) is 0 Å². The zero-order valence-electron chi connectivity index (χ0n) is 10.4. The second-order valence-corrected chi connectivity index (χ2v) is 5.84. The third-order valence-corrected chi connectivity index (χ3v) is 3.80. The monoisotopic (exact) mass is 240 g/mol. The van der Waals surface area contributed by atoms with Crippen LogP contribution in [-0.2, 0) is 6.54 Å². The Morgan fingerprint density at radius 3 is 2.62 bits per heavy atom. The van der Waals surface area contributed by atoms with Crippen LogP contribution in [0.25, 0.3) is 0 Å². The van der Waals surface area contributed by atoms with Gasteiger partial charge in [0.05, 0.1) is 0 Å². The van der Waals surface area contributed by atoms with Crippen LogP contribution in [-0.4, -0.2) is 39.3 Å². The van der Waals surface area contributed by atoms with Gasteiger partial charge in [-0.25, -0.2) is 0 Å². The summed E-state index contributed by atoms with van der Waals surface area (Å²) in [5, 5.41) is 7.27. The number of nitrogens with one attached hydrogen (secondary N) is 1. The van der Waals surface area contributed by atoms with Gasteiger partial charge in [-0.05, 0) is 53.0 Å². The molecule has 1 aromatic heterocycles. The lowest BCUT2D eigenvalue weighted by molar-refractivity contribution is 0.167. The molecule has 0 saturated heterocycles. The molecule has 1 fully saturated rings. The van der Waals surface area contributed by atoms with E-state index in [0.29, 0.717) is 5.92 Å². The van der Waals surface area contributed by atoms with Crippen LogP contribution in [0.15, 0.2) is 0 Å². The molecule has 1 heterocycles. The minimum Gasteiger partial charge on any atom is -0.302 e. The van der Waals surface area contributed by atoms with E-state index in [0.717, 1.165) is 17.1 Å². The number of hydrogen-bond acceptors (Lipinski definition) is 3. The number of aromatic nitrogens is 3. The van der Waals surface area contributed by atoms with Crippen molar-refractivity contribution in [3.8, 4) is 0 Å². The zero-order chi connectivity index (χ0) is 11.9. The first-order valence-corrected chi connectivity index (χ1v) is 6.15. The molecule has 0 radical (unpaired) electrons. The summed E-state index contributed by atoms with van der Waals surface area (Å²) in [5.74, 6) is 1.77. The molecule has 0 aliphatic heterocycles. The van der Waals surface area contributed by atoms with Gasteiger partial charge in [0.1, 0.15) is 5.82 Å². The molecular weight excluding hydrogens is 220 g/mol. The lowest BCUT2D eigenvalue weighted by Crippen LogP contribution is -2.42. The number of rotatable bonds is 4. The van der Waals surface area contributed by atoms with Gasteiger partial charge < -0.3 is 9.47 Å². The van der Waals surface area contributed by atoms with Crippen molar-refractivity contribution in [3.05, 3.63) is 10.6 Å². The average molecular weight is 240 g/mol. The fourth-order valence-corrected chi connectivity index (χ4v) is 1.87. The third-order valence-electron chi connectivity index (χ3n) is 3.49. The van der Waals surface area contributed by atoms with E-state index in [-0.39, 0.29) is 5.54 Å². The molecule has 1 saturated carbocycles. The summed E-state index contributed by atoms with van der Waals surface area (Å²) in [4.78, 5) is 2.22. The van der Waals surface area contributed by atoms with Crippen LogP contribution in [0.2, 0.25) is 0 Å². The maximum absolute atomic E-state index is 5.30. The van der Waals surface area contributed by atoms with Crippen molar-refractivity contribution in [2.75, 3.05) is 14.1 Å². The van der Waals surface area contributed by atoms with Crippen LogP contribution in [0.5, 0.6) is 0 Å². The molecule has 1 aromatic rings. The summed E-state index contributed by atoms with van der Waals surface area (Å²) >= 11 is 5.30. The van der Waals surface area contributed by atoms with E-state index in [9.17, 15) is 0 Å². The predicted octanol–water partition coefficient (Wildman–Crippen LogP) is 2.16. The molecule has 0 bridgehead atoms. The Morgan fingerprint density at radius 1 is 1.50 bits per heavy atom. The second kappa shape index (κ2) is 3.96. The highest BCUT2D eigenvalue weighted by molar-refractivity contribution is 7.71. The number of nitrogens with zero attached hydrogens (tertiary/aromatic N) is 3. The van der Waals surface area contributed by atoms with Crippen molar-refractivity contribution in [1.29, 1.82) is 0 Å². The number of H-pyrrole nitrogens is 1. The molecule has 1 N–H and O–H groups in total. The van der Waals surface area contributed by atoms with Crippen molar-refractivity contribution >= 4 is 12.2 Å². The highest BCUT2D eigenvalue weighted by Gasteiger charge is 2.31. The molecule has 0 amide bonds. The van der Waals surface area contributed by atoms with Crippen LogP contribution < -0.4 is 0 Å². The predicted molar refractivity (Wildman–Crippen MR) is 67.2 cm³/mol. The van der Waals surface area contributed by atoms with E-state index in [2.05, 4.69) is 47.6 Å². The van der Waals surface area contributed by atoms with Gasteiger partial charge in [-0.2, -0.15) is 5.10 Å². The minimum atomic E-state index is 0.0890. The van der Waals surface area contributed by atoms with Crippen molar-refractivity contribution in [2.24, 2.45) is 0 Å². The lowest BCUT2D eigenvalue weighted by atomic mass is 10.0. The first-order valence-electron chi connectivity index (χ1n) is 5.74. The molecule has 2 rings (SSSR count). The molecule has 5 heteroatoms. The highest BCUT2D eigenvalue weighted by Crippen LogP contribution is 2.39. The molecule has 4 nitrogen and oxygen atoms in total. The van der Waals surface area contributed by atoms with Crippen molar-refractivity contribution in [3.63, 3.8) is 0 Å². The summed E-state index contributed by atoms with van der Waals surface area (Å²) in [6.07, 6.45) is 2.50. The standard InChI is InChI=1S/C11H20N4S/c1-11(2,14(3)4)7-15-9(8-5-6-8)12-13-10(15)16/h8H,5-7H2,1-4H3,(H,13,16). The first kappa shape index (κ1) is 11.8. The highest BCUT2D eigenvalue weighted by atomic mass is 32.1. The number of aromatic amines is 1. The molecule has 1 aliphatic rings. The third kappa shape index (κ3) is 2.20. The van der Waals surface area contributed by atoms with Crippen LogP contribution in [0, 0.1) is 4.77 Å². The largest absolute Gasteiger partial charge is 0.302 e. The van der Waals surface area contributed by atoms with Crippen molar-refractivity contribution < 1.29 is 0 Å².